The fourth-order valence-corrected chi connectivity index (χ4v) is 3.12. The van der Waals surface area contributed by atoms with Crippen LogP contribution in [0.5, 0.6) is 0 Å². The van der Waals surface area contributed by atoms with Crippen molar-refractivity contribution in [2.24, 2.45) is 5.73 Å². The molecule has 1 saturated carbocycles. The number of hydrogen-bond donors (Lipinski definition) is 2. The second-order valence-electron chi connectivity index (χ2n) is 5.72. The van der Waals surface area contributed by atoms with Gasteiger partial charge in [0, 0.05) is 18.8 Å². The van der Waals surface area contributed by atoms with E-state index in [-0.39, 0.29) is 17.4 Å². The molecule has 2 rings (SSSR count). The molecule has 116 valence electrons. The van der Waals surface area contributed by atoms with E-state index in [0.717, 1.165) is 32.1 Å². The molecule has 4 nitrogen and oxygen atoms in total. The van der Waals surface area contributed by atoms with E-state index in [2.05, 4.69) is 12.2 Å². The predicted molar refractivity (Wildman–Crippen MR) is 82.7 cm³/mol. The number of nitrogens with two attached hydrogens (primary N) is 1. The maximum atomic E-state index is 12.9. The smallest absolute Gasteiger partial charge is 0.322 e. The van der Waals surface area contributed by atoms with E-state index in [1.807, 2.05) is 4.90 Å². The van der Waals surface area contributed by atoms with E-state index in [9.17, 15) is 9.18 Å². The summed E-state index contributed by atoms with van der Waals surface area (Å²) in [6, 6.07) is 5.68. The van der Waals surface area contributed by atoms with Crippen LogP contribution in [0.2, 0.25) is 0 Å². The maximum absolute atomic E-state index is 12.9. The Bertz CT molecular complexity index is 469. The Hall–Kier alpha value is -1.62. The molecule has 0 heterocycles. The van der Waals surface area contributed by atoms with Crippen molar-refractivity contribution in [2.45, 2.75) is 44.6 Å². The normalized spacial score (nSPS) is 16.7. The Balaban J connectivity index is 2.13. The summed E-state index contributed by atoms with van der Waals surface area (Å²) in [4.78, 5) is 14.5. The van der Waals surface area contributed by atoms with Gasteiger partial charge in [-0.1, -0.05) is 19.8 Å². The van der Waals surface area contributed by atoms with Crippen molar-refractivity contribution in [3.63, 3.8) is 0 Å². The number of amides is 2. The van der Waals surface area contributed by atoms with Gasteiger partial charge in [0.25, 0.3) is 0 Å². The molecule has 0 aromatic heterocycles. The summed E-state index contributed by atoms with van der Waals surface area (Å²) in [6.07, 6.45) is 5.03. The Morgan fingerprint density at radius 3 is 2.48 bits per heavy atom. The van der Waals surface area contributed by atoms with Gasteiger partial charge in [0.15, 0.2) is 0 Å². The maximum Gasteiger partial charge on any atom is 0.322 e. The molecule has 2 amide bonds. The molecule has 5 heteroatoms. The number of rotatable bonds is 5. The zero-order valence-electron chi connectivity index (χ0n) is 12.6. The number of halogens is 1. The first kappa shape index (κ1) is 15.8. The molecule has 0 aliphatic heterocycles. The van der Waals surface area contributed by atoms with Crippen LogP contribution >= 0.6 is 0 Å². The average molecular weight is 293 g/mol. The average Bonchev–Trinajstić information content (AvgIpc) is 2.97. The van der Waals surface area contributed by atoms with Gasteiger partial charge in [-0.05, 0) is 43.5 Å². The number of nitrogens with one attached hydrogen (secondary N) is 1. The fourth-order valence-electron chi connectivity index (χ4n) is 3.12. The number of nitrogens with zero attached hydrogens (tertiary/aromatic N) is 1. The molecular formula is C16H24FN3O. The van der Waals surface area contributed by atoms with Crippen molar-refractivity contribution < 1.29 is 9.18 Å². The van der Waals surface area contributed by atoms with Crippen molar-refractivity contribution in [2.75, 3.05) is 18.4 Å². The summed E-state index contributed by atoms with van der Waals surface area (Å²) in [7, 11) is 0. The van der Waals surface area contributed by atoms with Crippen LogP contribution in [0.4, 0.5) is 14.9 Å². The second-order valence-corrected chi connectivity index (χ2v) is 5.72. The van der Waals surface area contributed by atoms with E-state index >= 15 is 0 Å². The van der Waals surface area contributed by atoms with Crippen LogP contribution in [-0.4, -0.2) is 29.6 Å². The Kier molecular flexibility index (Phi) is 5.17. The summed E-state index contributed by atoms with van der Waals surface area (Å²) < 4.78 is 12.9. The van der Waals surface area contributed by atoms with E-state index in [0.29, 0.717) is 18.8 Å². The van der Waals surface area contributed by atoms with Crippen LogP contribution in [0.25, 0.3) is 0 Å². The van der Waals surface area contributed by atoms with E-state index in [1.54, 1.807) is 12.1 Å². The molecule has 21 heavy (non-hydrogen) atoms. The van der Waals surface area contributed by atoms with Crippen LogP contribution in [0.1, 0.15) is 39.0 Å². The zero-order chi connectivity index (χ0) is 15.3. The number of carbonyl (C=O) groups is 1. The third-order valence-corrected chi connectivity index (χ3v) is 4.27. The van der Waals surface area contributed by atoms with Crippen molar-refractivity contribution in [1.29, 1.82) is 0 Å². The summed E-state index contributed by atoms with van der Waals surface area (Å²) >= 11 is 0. The number of hydrogen-bond acceptors (Lipinski definition) is 2. The van der Waals surface area contributed by atoms with Gasteiger partial charge in [-0.3, -0.25) is 0 Å². The molecular weight excluding hydrogens is 269 g/mol. The van der Waals surface area contributed by atoms with Gasteiger partial charge >= 0.3 is 6.03 Å². The number of carbonyl (C=O) groups excluding carboxylic acids is 1. The van der Waals surface area contributed by atoms with Gasteiger partial charge in [-0.15, -0.1) is 0 Å². The molecule has 0 saturated heterocycles. The summed E-state index contributed by atoms with van der Waals surface area (Å²) in [5.41, 5.74) is 6.36. The molecule has 1 fully saturated rings. The summed E-state index contributed by atoms with van der Waals surface area (Å²) in [6.45, 7) is 3.23. The highest BCUT2D eigenvalue weighted by molar-refractivity contribution is 5.89. The van der Waals surface area contributed by atoms with Crippen LogP contribution in [0.3, 0.4) is 0 Å². The lowest BCUT2D eigenvalue weighted by atomic mass is 9.95. The highest BCUT2D eigenvalue weighted by Gasteiger charge is 2.40. The Morgan fingerprint density at radius 1 is 1.33 bits per heavy atom. The minimum absolute atomic E-state index is 0.143. The van der Waals surface area contributed by atoms with Gasteiger partial charge in [0.2, 0.25) is 0 Å². The molecule has 0 spiro atoms. The predicted octanol–water partition coefficient (Wildman–Crippen LogP) is 3.34. The van der Waals surface area contributed by atoms with Gasteiger partial charge in [0.05, 0.1) is 5.54 Å². The van der Waals surface area contributed by atoms with Crippen molar-refractivity contribution in [3.8, 4) is 0 Å². The molecule has 3 N–H and O–H groups in total. The number of urea groups is 1. The van der Waals surface area contributed by atoms with Crippen LogP contribution in [-0.2, 0) is 0 Å². The minimum atomic E-state index is -0.312. The first-order chi connectivity index (χ1) is 10.1. The highest BCUT2D eigenvalue weighted by Crippen LogP contribution is 2.35. The monoisotopic (exact) mass is 293 g/mol. The summed E-state index contributed by atoms with van der Waals surface area (Å²) in [5.74, 6) is -0.312. The largest absolute Gasteiger partial charge is 0.328 e. The first-order valence-corrected chi connectivity index (χ1v) is 7.65. The molecule has 0 bridgehead atoms. The van der Waals surface area contributed by atoms with Gasteiger partial charge in [-0.2, -0.15) is 0 Å². The number of benzene rings is 1. The van der Waals surface area contributed by atoms with E-state index in [1.165, 1.54) is 12.1 Å². The quantitative estimate of drug-likeness (QED) is 0.874. The summed E-state index contributed by atoms with van der Waals surface area (Å²) in [5, 5.41) is 2.85. The topological polar surface area (TPSA) is 58.4 Å². The molecule has 0 radical (unpaired) electrons. The fraction of sp³-hybridized carbons (Fsp3) is 0.562. The van der Waals surface area contributed by atoms with Crippen molar-refractivity contribution in [1.82, 2.24) is 4.90 Å². The lowest BCUT2D eigenvalue weighted by molar-refractivity contribution is 0.129. The molecule has 0 unspecified atom stereocenters. The van der Waals surface area contributed by atoms with Crippen molar-refractivity contribution in [3.05, 3.63) is 30.1 Å². The number of anilines is 1. The van der Waals surface area contributed by atoms with E-state index < -0.39 is 0 Å². The molecule has 0 atom stereocenters. The van der Waals surface area contributed by atoms with Crippen LogP contribution < -0.4 is 11.1 Å². The Morgan fingerprint density at radius 2 is 1.95 bits per heavy atom. The SMILES string of the molecule is CCCN(C(=O)Nc1ccc(F)cc1)C1(CN)CCCC1. The standard InChI is InChI=1S/C16H24FN3O/c1-2-11-20(16(12-18)9-3-4-10-16)15(21)19-14-7-5-13(17)6-8-14/h5-8H,2-4,9-12,18H2,1H3,(H,19,21). The van der Waals surface area contributed by atoms with Gasteiger partial charge in [0.1, 0.15) is 5.82 Å². The molecule has 1 aromatic rings. The third-order valence-electron chi connectivity index (χ3n) is 4.27. The lowest BCUT2D eigenvalue weighted by Gasteiger charge is -2.40. The second kappa shape index (κ2) is 6.89. The van der Waals surface area contributed by atoms with Crippen molar-refractivity contribution >= 4 is 11.7 Å². The van der Waals surface area contributed by atoms with Crippen LogP contribution in [0, 0.1) is 5.82 Å². The third kappa shape index (κ3) is 3.53. The lowest BCUT2D eigenvalue weighted by Crippen LogP contribution is -2.56. The first-order valence-electron chi connectivity index (χ1n) is 7.65. The van der Waals surface area contributed by atoms with E-state index in [4.69, 9.17) is 5.73 Å². The Labute approximate surface area is 125 Å². The van der Waals surface area contributed by atoms with Crippen LogP contribution in [0.15, 0.2) is 24.3 Å². The van der Waals surface area contributed by atoms with Gasteiger partial charge in [-0.25, -0.2) is 9.18 Å². The van der Waals surface area contributed by atoms with Gasteiger partial charge < -0.3 is 16.0 Å². The highest BCUT2D eigenvalue weighted by atomic mass is 19.1. The zero-order valence-corrected chi connectivity index (χ0v) is 12.6. The molecule has 1 aliphatic carbocycles. The molecule has 1 aliphatic rings. The minimum Gasteiger partial charge on any atom is -0.328 e. The molecule has 1 aromatic carbocycles.